The molecule has 0 unspecified atom stereocenters. The van der Waals surface area contributed by atoms with Crippen molar-refractivity contribution >= 4 is 32.6 Å². The predicted octanol–water partition coefficient (Wildman–Crippen LogP) is 8.37. The monoisotopic (exact) mass is 442 g/mol. The van der Waals surface area contributed by atoms with Crippen molar-refractivity contribution in [1.82, 2.24) is 9.97 Å². The molecule has 3 aromatic heterocycles. The molecule has 0 radical (unpaired) electrons. The maximum Gasteiger partial charge on any atom is 0.160 e. The third-order valence-corrected chi connectivity index (χ3v) is 6.46. The average molecular weight is 443 g/mol. The van der Waals surface area contributed by atoms with Crippen LogP contribution in [0.2, 0.25) is 0 Å². The minimum Gasteiger partial charge on any atom is -0.462 e. The molecule has 6 aromatic rings. The van der Waals surface area contributed by atoms with E-state index in [9.17, 15) is 0 Å². The van der Waals surface area contributed by atoms with Gasteiger partial charge in [-0.25, -0.2) is 4.98 Å². The van der Waals surface area contributed by atoms with Crippen LogP contribution in [0.25, 0.3) is 55.0 Å². The van der Waals surface area contributed by atoms with Crippen molar-refractivity contribution < 1.29 is 4.42 Å². The van der Waals surface area contributed by atoms with Gasteiger partial charge in [-0.05, 0) is 59.9 Å². The van der Waals surface area contributed by atoms with Gasteiger partial charge in [-0.1, -0.05) is 67.9 Å². The summed E-state index contributed by atoms with van der Waals surface area (Å²) in [6.45, 7) is 6.56. The van der Waals surface area contributed by atoms with Crippen molar-refractivity contribution in [3.8, 4) is 22.4 Å². The van der Waals surface area contributed by atoms with E-state index in [0.29, 0.717) is 5.92 Å². The number of fused-ring (bicyclic) bond motifs is 4. The van der Waals surface area contributed by atoms with Crippen LogP contribution in [0.4, 0.5) is 0 Å². The molecule has 166 valence electrons. The van der Waals surface area contributed by atoms with Crippen LogP contribution in [0.3, 0.4) is 0 Å². The summed E-state index contributed by atoms with van der Waals surface area (Å²) in [5.41, 5.74) is 8.43. The van der Waals surface area contributed by atoms with E-state index in [4.69, 9.17) is 14.4 Å². The third-order valence-electron chi connectivity index (χ3n) is 6.46. The summed E-state index contributed by atoms with van der Waals surface area (Å²) in [7, 11) is 0. The topological polar surface area (TPSA) is 38.9 Å². The highest BCUT2D eigenvalue weighted by Gasteiger charge is 2.14. The minimum absolute atomic E-state index is 0.549. The van der Waals surface area contributed by atoms with Crippen LogP contribution in [0, 0.1) is 12.8 Å². The summed E-state index contributed by atoms with van der Waals surface area (Å²) in [5, 5.41) is 4.61. The highest BCUT2D eigenvalue weighted by atomic mass is 16.3. The van der Waals surface area contributed by atoms with Gasteiger partial charge in [0, 0.05) is 33.8 Å². The van der Waals surface area contributed by atoms with Gasteiger partial charge in [-0.15, -0.1) is 0 Å². The van der Waals surface area contributed by atoms with Gasteiger partial charge >= 0.3 is 0 Å². The Morgan fingerprint density at radius 3 is 2.53 bits per heavy atom. The Morgan fingerprint density at radius 1 is 0.824 bits per heavy atom. The predicted molar refractivity (Wildman–Crippen MR) is 141 cm³/mol. The number of hydrogen-bond donors (Lipinski definition) is 0. The molecule has 0 fully saturated rings. The highest BCUT2D eigenvalue weighted by Crippen LogP contribution is 2.35. The fourth-order valence-electron chi connectivity index (χ4n) is 4.86. The van der Waals surface area contributed by atoms with E-state index in [2.05, 4.69) is 87.5 Å². The summed E-state index contributed by atoms with van der Waals surface area (Å²) in [4.78, 5) is 9.89. The lowest BCUT2D eigenvalue weighted by Gasteiger charge is -2.11. The fourth-order valence-corrected chi connectivity index (χ4v) is 4.86. The van der Waals surface area contributed by atoms with Crippen LogP contribution in [0.1, 0.15) is 25.1 Å². The van der Waals surface area contributed by atoms with Crippen LogP contribution in [-0.2, 0) is 6.42 Å². The SMILES string of the molecule is Cc1ccc2c(-c3ccc(-c4cc5ccoc5c5nc(CC(C)C)ccc45)nc3)cccc2c1. The van der Waals surface area contributed by atoms with Crippen molar-refractivity contribution in [1.29, 1.82) is 0 Å². The molecule has 3 heterocycles. The van der Waals surface area contributed by atoms with E-state index in [0.717, 1.165) is 50.8 Å². The lowest BCUT2D eigenvalue weighted by molar-refractivity contribution is 0.616. The second-order valence-electron chi connectivity index (χ2n) is 9.52. The molecule has 3 aromatic carbocycles. The van der Waals surface area contributed by atoms with Crippen LogP contribution < -0.4 is 0 Å². The molecule has 34 heavy (non-hydrogen) atoms. The Bertz CT molecular complexity index is 1660. The van der Waals surface area contributed by atoms with Gasteiger partial charge in [-0.2, -0.15) is 0 Å². The summed E-state index contributed by atoms with van der Waals surface area (Å²) >= 11 is 0. The number of hydrogen-bond acceptors (Lipinski definition) is 3. The van der Waals surface area contributed by atoms with Gasteiger partial charge < -0.3 is 4.42 Å². The Kier molecular flexibility index (Phi) is 4.91. The second-order valence-corrected chi connectivity index (χ2v) is 9.52. The van der Waals surface area contributed by atoms with Crippen molar-refractivity contribution in [3.63, 3.8) is 0 Å². The van der Waals surface area contributed by atoms with Gasteiger partial charge in [0.25, 0.3) is 0 Å². The molecule has 3 nitrogen and oxygen atoms in total. The summed E-state index contributed by atoms with van der Waals surface area (Å²) in [5.74, 6) is 0.549. The molecule has 0 saturated carbocycles. The zero-order valence-corrected chi connectivity index (χ0v) is 19.7. The molecule has 0 aliphatic carbocycles. The second kappa shape index (κ2) is 8.11. The molecule has 0 N–H and O–H groups in total. The molecule has 0 atom stereocenters. The summed E-state index contributed by atoms with van der Waals surface area (Å²) < 4.78 is 5.83. The van der Waals surface area contributed by atoms with E-state index in [1.54, 1.807) is 6.26 Å². The van der Waals surface area contributed by atoms with Gasteiger partial charge in [-0.3, -0.25) is 4.98 Å². The minimum atomic E-state index is 0.549. The van der Waals surface area contributed by atoms with Crippen LogP contribution >= 0.6 is 0 Å². The molecule has 0 aliphatic heterocycles. The van der Waals surface area contributed by atoms with E-state index < -0.39 is 0 Å². The number of aromatic nitrogens is 2. The van der Waals surface area contributed by atoms with Gasteiger partial charge in [0.1, 0.15) is 5.52 Å². The Labute approximate surface area is 199 Å². The van der Waals surface area contributed by atoms with Crippen molar-refractivity contribution in [2.45, 2.75) is 27.2 Å². The number of pyridine rings is 2. The van der Waals surface area contributed by atoms with E-state index in [-0.39, 0.29) is 0 Å². The van der Waals surface area contributed by atoms with Gasteiger partial charge in [0.15, 0.2) is 5.58 Å². The zero-order chi connectivity index (χ0) is 23.2. The molecular weight excluding hydrogens is 416 g/mol. The van der Waals surface area contributed by atoms with Crippen molar-refractivity contribution in [3.05, 3.63) is 96.5 Å². The standard InChI is InChI=1S/C31H26N2O/c1-19(2)15-24-9-11-27-28(17-22-13-14-34-31(22)30(27)33-24)29-12-8-23(18-32-29)25-6-4-5-21-16-20(3)7-10-26(21)25/h4-14,16-19H,15H2,1-3H3. The van der Waals surface area contributed by atoms with Gasteiger partial charge in [0.05, 0.1) is 12.0 Å². The maximum atomic E-state index is 5.83. The normalized spacial score (nSPS) is 11.8. The highest BCUT2D eigenvalue weighted by molar-refractivity contribution is 6.09. The lowest BCUT2D eigenvalue weighted by Crippen LogP contribution is -1.98. The van der Waals surface area contributed by atoms with Gasteiger partial charge in [0.2, 0.25) is 0 Å². The molecule has 0 aliphatic rings. The molecule has 0 saturated heterocycles. The molecule has 0 spiro atoms. The van der Waals surface area contributed by atoms with Crippen LogP contribution in [-0.4, -0.2) is 9.97 Å². The maximum absolute atomic E-state index is 5.83. The lowest BCUT2D eigenvalue weighted by atomic mass is 9.97. The first-order chi connectivity index (χ1) is 16.6. The summed E-state index contributed by atoms with van der Waals surface area (Å²) in [6.07, 6.45) is 4.67. The fraction of sp³-hybridized carbons (Fsp3) is 0.161. The largest absolute Gasteiger partial charge is 0.462 e. The van der Waals surface area contributed by atoms with Crippen LogP contribution in [0.15, 0.2) is 89.7 Å². The smallest absolute Gasteiger partial charge is 0.160 e. The third kappa shape index (κ3) is 3.54. The first kappa shape index (κ1) is 20.6. The van der Waals surface area contributed by atoms with E-state index >= 15 is 0 Å². The average Bonchev–Trinajstić information content (AvgIpc) is 3.32. The molecule has 3 heteroatoms. The molecule has 0 bridgehead atoms. The first-order valence-electron chi connectivity index (χ1n) is 11.8. The number of benzene rings is 3. The Hall–Kier alpha value is -3.98. The Balaban J connectivity index is 1.48. The molecule has 0 amide bonds. The summed E-state index contributed by atoms with van der Waals surface area (Å²) in [6, 6.07) is 25.8. The molecule has 6 rings (SSSR count). The van der Waals surface area contributed by atoms with E-state index in [1.165, 1.54) is 21.9 Å². The number of rotatable bonds is 4. The molecular formula is C31H26N2O. The first-order valence-corrected chi connectivity index (χ1v) is 11.8. The van der Waals surface area contributed by atoms with Crippen LogP contribution in [0.5, 0.6) is 0 Å². The quantitative estimate of drug-likeness (QED) is 0.275. The number of furan rings is 1. The van der Waals surface area contributed by atoms with E-state index in [1.807, 2.05) is 12.3 Å². The number of aryl methyl sites for hydroxylation is 1. The number of nitrogens with zero attached hydrogens (tertiary/aromatic N) is 2. The van der Waals surface area contributed by atoms with Crippen molar-refractivity contribution in [2.24, 2.45) is 5.92 Å². The van der Waals surface area contributed by atoms with Crippen molar-refractivity contribution in [2.75, 3.05) is 0 Å². The Morgan fingerprint density at radius 2 is 1.71 bits per heavy atom. The zero-order valence-electron chi connectivity index (χ0n) is 19.7.